The molecule has 13 heteroatoms. The molecule has 0 spiro atoms. The van der Waals surface area contributed by atoms with E-state index in [1.165, 1.54) is 19.2 Å². The number of aromatic nitrogens is 3. The quantitative estimate of drug-likeness (QED) is 0.403. The highest BCUT2D eigenvalue weighted by Crippen LogP contribution is 2.31. The van der Waals surface area contributed by atoms with E-state index in [9.17, 15) is 21.6 Å². The van der Waals surface area contributed by atoms with Crippen molar-refractivity contribution < 1.29 is 26.3 Å². The zero-order chi connectivity index (χ0) is 26.1. The predicted octanol–water partition coefficient (Wildman–Crippen LogP) is 3.54. The molecular formula is C23H23F3N6O3S. The molecule has 0 aliphatic heterocycles. The molecule has 0 amide bonds. The van der Waals surface area contributed by atoms with E-state index in [0.717, 1.165) is 12.8 Å². The lowest BCUT2D eigenvalue weighted by Gasteiger charge is -2.15. The fraction of sp³-hybridized carbons (Fsp3) is 0.348. The molecule has 9 nitrogen and oxygen atoms in total. The predicted molar refractivity (Wildman–Crippen MR) is 129 cm³/mol. The van der Waals surface area contributed by atoms with Crippen LogP contribution in [0.3, 0.4) is 0 Å². The monoisotopic (exact) mass is 520 g/mol. The Morgan fingerprint density at radius 1 is 1.19 bits per heavy atom. The summed E-state index contributed by atoms with van der Waals surface area (Å²) < 4.78 is 67.9. The Morgan fingerprint density at radius 2 is 1.94 bits per heavy atom. The van der Waals surface area contributed by atoms with Crippen LogP contribution in [0.2, 0.25) is 0 Å². The minimum atomic E-state index is -4.49. The van der Waals surface area contributed by atoms with Crippen LogP contribution in [-0.2, 0) is 10.0 Å². The second-order valence-electron chi connectivity index (χ2n) is 8.27. The number of nitrogens with two attached hydrogens (primary N) is 1. The molecule has 2 heterocycles. The Hall–Kier alpha value is -3.63. The summed E-state index contributed by atoms with van der Waals surface area (Å²) in [5, 5.41) is 10.6. The Bertz CT molecular complexity index is 1460. The van der Waals surface area contributed by atoms with E-state index in [4.69, 9.17) is 9.88 Å². The van der Waals surface area contributed by atoms with E-state index in [-0.39, 0.29) is 45.2 Å². The summed E-state index contributed by atoms with van der Waals surface area (Å²) in [7, 11) is -2.81. The molecule has 36 heavy (non-hydrogen) atoms. The van der Waals surface area contributed by atoms with Gasteiger partial charge in [-0.15, -0.1) is 0 Å². The third-order valence-corrected chi connectivity index (χ3v) is 6.12. The highest BCUT2D eigenvalue weighted by atomic mass is 32.2. The number of halogens is 3. The van der Waals surface area contributed by atoms with Crippen LogP contribution in [0.15, 0.2) is 35.2 Å². The van der Waals surface area contributed by atoms with Crippen LogP contribution in [0.4, 0.5) is 24.9 Å². The number of nitrogens with zero attached hydrogens (tertiary/aromatic N) is 3. The lowest BCUT2D eigenvalue weighted by Crippen LogP contribution is -2.23. The van der Waals surface area contributed by atoms with Crippen LogP contribution in [0.5, 0.6) is 5.75 Å². The van der Waals surface area contributed by atoms with Crippen molar-refractivity contribution in [3.8, 4) is 28.8 Å². The van der Waals surface area contributed by atoms with Gasteiger partial charge in [0.05, 0.1) is 24.4 Å². The van der Waals surface area contributed by atoms with E-state index < -0.39 is 22.7 Å². The maximum Gasteiger partial charge on any atom is 0.405 e. The molecule has 3 aromatic rings. The van der Waals surface area contributed by atoms with Crippen LogP contribution in [0.25, 0.3) is 22.3 Å². The Morgan fingerprint density at radius 3 is 2.58 bits per heavy atom. The summed E-state index contributed by atoms with van der Waals surface area (Å²) in [5.74, 6) is 6.57. The average molecular weight is 521 g/mol. The molecule has 1 unspecified atom stereocenters. The molecule has 2 aromatic heterocycles. The van der Waals surface area contributed by atoms with E-state index in [1.807, 2.05) is 0 Å². The minimum Gasteiger partial charge on any atom is -0.495 e. The van der Waals surface area contributed by atoms with Gasteiger partial charge in [0.15, 0.2) is 5.82 Å². The first-order valence-corrected chi connectivity index (χ1v) is 12.5. The molecule has 0 saturated heterocycles. The van der Waals surface area contributed by atoms with Gasteiger partial charge in [-0.3, -0.25) is 0 Å². The number of anilines is 2. The number of primary sulfonamides is 1. The van der Waals surface area contributed by atoms with E-state index in [0.29, 0.717) is 11.5 Å². The lowest BCUT2D eigenvalue weighted by molar-refractivity contribution is -0.115. The first-order chi connectivity index (χ1) is 16.9. The van der Waals surface area contributed by atoms with Gasteiger partial charge in [-0.05, 0) is 50.1 Å². The van der Waals surface area contributed by atoms with Gasteiger partial charge in [0.2, 0.25) is 16.0 Å². The first-order valence-electron chi connectivity index (χ1n) is 10.9. The van der Waals surface area contributed by atoms with Gasteiger partial charge < -0.3 is 15.4 Å². The van der Waals surface area contributed by atoms with Crippen LogP contribution < -0.4 is 20.5 Å². The van der Waals surface area contributed by atoms with Gasteiger partial charge in [0.25, 0.3) is 0 Å². The summed E-state index contributed by atoms with van der Waals surface area (Å²) >= 11 is 0. The molecule has 4 N–H and O–H groups in total. The van der Waals surface area contributed by atoms with Crippen molar-refractivity contribution in [2.75, 3.05) is 24.3 Å². The molecule has 0 radical (unpaired) electrons. The molecule has 1 aromatic carbocycles. The third-order valence-electron chi connectivity index (χ3n) is 5.19. The molecule has 1 aliphatic rings. The number of ether oxygens (including phenoxy) is 1. The molecule has 190 valence electrons. The normalized spacial score (nSPS) is 14.6. The van der Waals surface area contributed by atoms with Crippen molar-refractivity contribution in [1.82, 2.24) is 15.0 Å². The van der Waals surface area contributed by atoms with Crippen LogP contribution in [-0.4, -0.2) is 49.2 Å². The fourth-order valence-electron chi connectivity index (χ4n) is 3.31. The summed E-state index contributed by atoms with van der Waals surface area (Å²) in [5.41, 5.74) is 0.989. The maximum absolute atomic E-state index is 13.0. The van der Waals surface area contributed by atoms with Gasteiger partial charge >= 0.3 is 6.18 Å². The number of sulfonamides is 1. The Labute approximate surface area is 205 Å². The van der Waals surface area contributed by atoms with Gasteiger partial charge in [-0.2, -0.15) is 18.2 Å². The largest absolute Gasteiger partial charge is 0.495 e. The van der Waals surface area contributed by atoms with Crippen molar-refractivity contribution in [3.63, 3.8) is 0 Å². The summed E-state index contributed by atoms with van der Waals surface area (Å²) in [6.07, 6.45) is -2.36. The van der Waals surface area contributed by atoms with Gasteiger partial charge in [0, 0.05) is 11.5 Å². The number of methoxy groups -OCH3 is 1. The number of benzene rings is 1. The summed E-state index contributed by atoms with van der Waals surface area (Å²) in [4.78, 5) is 12.8. The zero-order valence-electron chi connectivity index (χ0n) is 19.3. The van der Waals surface area contributed by atoms with Crippen molar-refractivity contribution in [1.29, 1.82) is 0 Å². The Kier molecular flexibility index (Phi) is 6.92. The SMILES string of the molecule is COc1ccc(-c2ccc3nc(NC(C)C#CC4CC4)nc(NCC(F)(F)F)c3n2)cc1S(N)(=O)=O. The second kappa shape index (κ2) is 9.79. The number of nitrogens with one attached hydrogen (secondary N) is 2. The minimum absolute atomic E-state index is 0.0486. The smallest absolute Gasteiger partial charge is 0.405 e. The topological polar surface area (TPSA) is 132 Å². The molecule has 1 fully saturated rings. The number of pyridine rings is 1. The molecular weight excluding hydrogens is 497 g/mol. The van der Waals surface area contributed by atoms with Gasteiger partial charge in [0.1, 0.15) is 22.7 Å². The highest BCUT2D eigenvalue weighted by Gasteiger charge is 2.28. The maximum atomic E-state index is 13.0. The van der Waals surface area contributed by atoms with Crippen LogP contribution in [0, 0.1) is 17.8 Å². The van der Waals surface area contributed by atoms with Gasteiger partial charge in [-0.25, -0.2) is 23.5 Å². The Balaban J connectivity index is 1.75. The fourth-order valence-corrected chi connectivity index (χ4v) is 4.03. The van der Waals surface area contributed by atoms with Crippen LogP contribution in [0.1, 0.15) is 19.8 Å². The third kappa shape index (κ3) is 6.32. The van der Waals surface area contributed by atoms with E-state index in [1.54, 1.807) is 25.1 Å². The highest BCUT2D eigenvalue weighted by molar-refractivity contribution is 7.89. The van der Waals surface area contributed by atoms with E-state index >= 15 is 0 Å². The van der Waals surface area contributed by atoms with Crippen molar-refractivity contribution in [2.45, 2.75) is 36.9 Å². The van der Waals surface area contributed by atoms with Crippen LogP contribution >= 0.6 is 0 Å². The average Bonchev–Trinajstić information content (AvgIpc) is 3.64. The van der Waals surface area contributed by atoms with Crippen molar-refractivity contribution in [3.05, 3.63) is 30.3 Å². The molecule has 4 rings (SSSR count). The zero-order valence-corrected chi connectivity index (χ0v) is 20.2. The number of hydrogen-bond acceptors (Lipinski definition) is 8. The summed E-state index contributed by atoms with van der Waals surface area (Å²) in [6.45, 7) is 0.472. The standard InChI is InChI=1S/C23H23F3N6O3S/c1-13(3-4-14-5-6-14)29-22-31-17-9-8-16(30-20(17)21(32-22)28-12-23(24,25)26)15-7-10-18(35-2)19(11-15)36(27,33)34/h7-11,13-14H,5-6,12H2,1-2H3,(H2,27,33,34)(H2,28,29,31,32). The number of alkyl halides is 3. The van der Waals surface area contributed by atoms with Crippen molar-refractivity contribution >= 4 is 32.8 Å². The lowest BCUT2D eigenvalue weighted by atomic mass is 10.1. The molecule has 1 atom stereocenters. The molecule has 1 saturated carbocycles. The second-order valence-corrected chi connectivity index (χ2v) is 9.80. The molecule has 1 aliphatic carbocycles. The van der Waals surface area contributed by atoms with E-state index in [2.05, 4.69) is 37.4 Å². The van der Waals surface area contributed by atoms with Gasteiger partial charge in [-0.1, -0.05) is 11.8 Å². The summed E-state index contributed by atoms with van der Waals surface area (Å²) in [6, 6.07) is 7.06. The number of hydrogen-bond donors (Lipinski definition) is 3. The number of fused-ring (bicyclic) bond motifs is 1. The van der Waals surface area contributed by atoms with Crippen molar-refractivity contribution in [2.24, 2.45) is 11.1 Å². The first kappa shape index (κ1) is 25.5. The molecule has 0 bridgehead atoms. The number of rotatable bonds is 7.